The van der Waals surface area contributed by atoms with Gasteiger partial charge in [0.25, 0.3) is 5.78 Å². The van der Waals surface area contributed by atoms with Crippen molar-refractivity contribution in [3.8, 4) is 0 Å². The lowest BCUT2D eigenvalue weighted by Gasteiger charge is -1.93. The van der Waals surface area contributed by atoms with Crippen molar-refractivity contribution in [1.82, 2.24) is 15.4 Å². The topological polar surface area (TPSA) is 93.0 Å². The van der Waals surface area contributed by atoms with Crippen LogP contribution in [-0.4, -0.2) is 32.3 Å². The Morgan fingerprint density at radius 1 is 1.50 bits per heavy atom. The van der Waals surface area contributed by atoms with E-state index in [0.717, 1.165) is 6.20 Å². The van der Waals surface area contributed by atoms with Gasteiger partial charge in [-0.3, -0.25) is 4.79 Å². The summed E-state index contributed by atoms with van der Waals surface area (Å²) in [5.41, 5.74) is -0.265. The molecule has 0 fully saturated rings. The number of carboxylic acid groups (broad SMARTS) is 1. The molecule has 62 valence electrons. The van der Waals surface area contributed by atoms with E-state index in [1.165, 1.54) is 0 Å². The highest BCUT2D eigenvalue weighted by Gasteiger charge is 2.18. The van der Waals surface area contributed by atoms with E-state index in [9.17, 15) is 9.59 Å². The Labute approximate surface area is 71.2 Å². The molecule has 0 aliphatic rings. The fourth-order valence-corrected chi connectivity index (χ4v) is 0.692. The van der Waals surface area contributed by atoms with Crippen LogP contribution in [0.25, 0.3) is 0 Å². The van der Waals surface area contributed by atoms with Gasteiger partial charge in [0, 0.05) is 0 Å². The van der Waals surface area contributed by atoms with Gasteiger partial charge in [0.05, 0.1) is 11.8 Å². The zero-order valence-electron chi connectivity index (χ0n) is 5.56. The van der Waals surface area contributed by atoms with Crippen LogP contribution in [0.1, 0.15) is 10.4 Å². The number of ketones is 1. The van der Waals surface area contributed by atoms with Gasteiger partial charge in [0.1, 0.15) is 0 Å². The summed E-state index contributed by atoms with van der Waals surface area (Å²) >= 11 is 5.37. The SMILES string of the molecule is O=C(O)C(=O)c1cnnnc1Cl. The van der Waals surface area contributed by atoms with Crippen LogP contribution in [0.4, 0.5) is 0 Å². The van der Waals surface area contributed by atoms with Crippen LogP contribution >= 0.6 is 11.6 Å². The van der Waals surface area contributed by atoms with Gasteiger partial charge in [-0.15, -0.1) is 10.2 Å². The Kier molecular flexibility index (Phi) is 2.29. The van der Waals surface area contributed by atoms with Crippen molar-refractivity contribution in [1.29, 1.82) is 0 Å². The minimum absolute atomic E-state index is 0.265. The maximum Gasteiger partial charge on any atom is 0.377 e. The summed E-state index contributed by atoms with van der Waals surface area (Å²) in [6, 6.07) is 0. The van der Waals surface area contributed by atoms with Crippen molar-refractivity contribution in [2.45, 2.75) is 0 Å². The van der Waals surface area contributed by atoms with E-state index < -0.39 is 11.8 Å². The lowest BCUT2D eigenvalue weighted by Crippen LogP contribution is -2.14. The van der Waals surface area contributed by atoms with E-state index in [-0.39, 0.29) is 10.7 Å². The molecule has 6 nitrogen and oxygen atoms in total. The van der Waals surface area contributed by atoms with Gasteiger partial charge in [0.15, 0.2) is 5.15 Å². The van der Waals surface area contributed by atoms with E-state index in [0.29, 0.717) is 0 Å². The Hall–Kier alpha value is -1.56. The zero-order valence-corrected chi connectivity index (χ0v) is 6.32. The van der Waals surface area contributed by atoms with Crippen molar-refractivity contribution >= 4 is 23.4 Å². The fourth-order valence-electron chi connectivity index (χ4n) is 0.523. The highest BCUT2D eigenvalue weighted by Crippen LogP contribution is 2.09. The highest BCUT2D eigenvalue weighted by atomic mass is 35.5. The summed E-state index contributed by atoms with van der Waals surface area (Å²) in [5.74, 6) is -2.76. The van der Waals surface area contributed by atoms with E-state index in [1.807, 2.05) is 0 Å². The molecule has 0 atom stereocenters. The number of nitrogens with zero attached hydrogens (tertiary/aromatic N) is 3. The normalized spacial score (nSPS) is 9.42. The number of halogens is 1. The number of hydrogen-bond acceptors (Lipinski definition) is 5. The van der Waals surface area contributed by atoms with Gasteiger partial charge in [-0.05, 0) is 5.21 Å². The van der Waals surface area contributed by atoms with E-state index >= 15 is 0 Å². The van der Waals surface area contributed by atoms with E-state index in [1.54, 1.807) is 0 Å². The first-order valence-corrected chi connectivity index (χ1v) is 3.12. The molecule has 0 unspecified atom stereocenters. The molecular formula is C5H2ClN3O3. The quantitative estimate of drug-likeness (QED) is 0.509. The minimum Gasteiger partial charge on any atom is -0.475 e. The Bertz CT molecular complexity index is 340. The van der Waals surface area contributed by atoms with Gasteiger partial charge < -0.3 is 5.11 Å². The summed E-state index contributed by atoms with van der Waals surface area (Å²) in [7, 11) is 0. The first-order valence-electron chi connectivity index (χ1n) is 2.74. The van der Waals surface area contributed by atoms with Gasteiger partial charge >= 0.3 is 5.97 Å². The van der Waals surface area contributed by atoms with Crippen LogP contribution in [0.5, 0.6) is 0 Å². The molecule has 0 saturated heterocycles. The number of Topliss-reactive ketones (excluding diaryl/α,β-unsaturated/α-hetero) is 1. The van der Waals surface area contributed by atoms with Crippen molar-refractivity contribution in [3.63, 3.8) is 0 Å². The molecule has 0 radical (unpaired) electrons. The number of rotatable bonds is 2. The van der Waals surface area contributed by atoms with Gasteiger partial charge in [-0.25, -0.2) is 4.79 Å². The second-order valence-corrected chi connectivity index (χ2v) is 2.13. The van der Waals surface area contributed by atoms with Crippen molar-refractivity contribution in [2.75, 3.05) is 0 Å². The molecule has 1 aromatic heterocycles. The van der Waals surface area contributed by atoms with Crippen LogP contribution < -0.4 is 0 Å². The van der Waals surface area contributed by atoms with Gasteiger partial charge in [0.2, 0.25) is 0 Å². The minimum atomic E-state index is -1.60. The lowest BCUT2D eigenvalue weighted by atomic mass is 10.2. The molecule has 0 saturated carbocycles. The van der Waals surface area contributed by atoms with E-state index in [2.05, 4.69) is 15.4 Å². The molecule has 7 heteroatoms. The predicted molar refractivity (Wildman–Crippen MR) is 36.8 cm³/mol. The Morgan fingerprint density at radius 3 is 2.67 bits per heavy atom. The van der Waals surface area contributed by atoms with Crippen LogP contribution in [0.15, 0.2) is 6.20 Å². The number of carboxylic acids is 1. The number of carbonyl (C=O) groups is 2. The van der Waals surface area contributed by atoms with Crippen molar-refractivity contribution in [2.24, 2.45) is 0 Å². The van der Waals surface area contributed by atoms with Gasteiger partial charge in [-0.1, -0.05) is 11.6 Å². The standard InChI is InChI=1S/C5H2ClN3O3/c6-4-2(1-7-9-8-4)3(10)5(11)12/h1H,(H,11,12). The van der Waals surface area contributed by atoms with E-state index in [4.69, 9.17) is 16.7 Å². The number of carbonyl (C=O) groups excluding carboxylic acids is 1. The maximum atomic E-state index is 10.8. The number of hydrogen-bond donors (Lipinski definition) is 1. The molecule has 12 heavy (non-hydrogen) atoms. The molecule has 0 spiro atoms. The number of aromatic nitrogens is 3. The molecule has 1 rings (SSSR count). The van der Waals surface area contributed by atoms with Crippen LogP contribution in [0, 0.1) is 0 Å². The summed E-state index contributed by atoms with van der Waals surface area (Å²) < 4.78 is 0. The molecule has 0 aliphatic carbocycles. The molecule has 1 N–H and O–H groups in total. The first kappa shape index (κ1) is 8.54. The molecule has 0 aromatic carbocycles. The average Bonchev–Trinajstić information content (AvgIpc) is 2.04. The number of aliphatic carboxylic acids is 1. The molecule has 0 aliphatic heterocycles. The second-order valence-electron chi connectivity index (χ2n) is 1.77. The third-order valence-corrected chi connectivity index (χ3v) is 1.31. The summed E-state index contributed by atoms with van der Waals surface area (Å²) in [4.78, 5) is 20.9. The predicted octanol–water partition coefficient (Wildman–Crippen LogP) is -0.208. The van der Waals surface area contributed by atoms with Crippen LogP contribution in [0.3, 0.4) is 0 Å². The largest absolute Gasteiger partial charge is 0.475 e. The Morgan fingerprint density at radius 2 is 2.17 bits per heavy atom. The molecule has 0 bridgehead atoms. The zero-order chi connectivity index (χ0) is 9.14. The third-order valence-electron chi connectivity index (χ3n) is 1.03. The third kappa shape index (κ3) is 1.54. The van der Waals surface area contributed by atoms with Crippen molar-refractivity contribution < 1.29 is 14.7 Å². The van der Waals surface area contributed by atoms with Crippen LogP contribution in [0.2, 0.25) is 5.15 Å². The average molecular weight is 188 g/mol. The van der Waals surface area contributed by atoms with Crippen LogP contribution in [-0.2, 0) is 4.79 Å². The molecule has 0 amide bonds. The smallest absolute Gasteiger partial charge is 0.377 e. The highest BCUT2D eigenvalue weighted by molar-refractivity contribution is 6.44. The summed E-state index contributed by atoms with van der Waals surface area (Å²) in [6.45, 7) is 0. The maximum absolute atomic E-state index is 10.8. The second kappa shape index (κ2) is 3.22. The van der Waals surface area contributed by atoms with Crippen molar-refractivity contribution in [3.05, 3.63) is 16.9 Å². The lowest BCUT2D eigenvalue weighted by molar-refractivity contribution is -0.131. The summed E-state index contributed by atoms with van der Waals surface area (Å²) in [6.07, 6.45) is 0.950. The Balaban J connectivity index is 3.11. The van der Waals surface area contributed by atoms with Gasteiger partial charge in [-0.2, -0.15) is 0 Å². The molecule has 1 heterocycles. The summed E-state index contributed by atoms with van der Waals surface area (Å²) in [5, 5.41) is 17.5. The first-order chi connectivity index (χ1) is 5.63. The molecule has 1 aromatic rings. The fraction of sp³-hybridized carbons (Fsp3) is 0. The molecular weight excluding hydrogens is 186 g/mol. The monoisotopic (exact) mass is 187 g/mol.